The highest BCUT2D eigenvalue weighted by Gasteiger charge is 2.11. The second-order valence-electron chi connectivity index (χ2n) is 4.35. The first-order chi connectivity index (χ1) is 5.37. The Kier molecular flexibility index (Phi) is 4.58. The van der Waals surface area contributed by atoms with Crippen LogP contribution in [0, 0.1) is 17.4 Å². The minimum Gasteiger partial charge on any atom is -0.380 e. The minimum atomic E-state index is -1.30. The summed E-state index contributed by atoms with van der Waals surface area (Å²) in [6.45, 7) is 10.7. The third-order valence-electron chi connectivity index (χ3n) is 1.78. The van der Waals surface area contributed by atoms with Crippen LogP contribution in [0.15, 0.2) is 0 Å². The van der Waals surface area contributed by atoms with Gasteiger partial charge >= 0.3 is 0 Å². The maximum absolute atomic E-state index is 9.53. The molecule has 2 atom stereocenters. The van der Waals surface area contributed by atoms with Gasteiger partial charge in [-0.05, 0) is 5.92 Å². The van der Waals surface area contributed by atoms with E-state index in [0.717, 1.165) is 6.42 Å². The monoisotopic (exact) mass is 184 g/mol. The van der Waals surface area contributed by atoms with Crippen LogP contribution in [-0.2, 0) is 0 Å². The molecule has 0 aliphatic heterocycles. The topological polar surface area (TPSA) is 20.2 Å². The van der Waals surface area contributed by atoms with Crippen LogP contribution in [0.5, 0.6) is 0 Å². The second kappa shape index (κ2) is 4.69. The van der Waals surface area contributed by atoms with Crippen LogP contribution >= 0.6 is 0 Å². The molecule has 0 aromatic heterocycles. The molecule has 1 N–H and O–H groups in total. The molecule has 0 heterocycles. The average molecular weight is 184 g/mol. The largest absolute Gasteiger partial charge is 0.380 e. The molecule has 0 saturated heterocycles. The highest BCUT2D eigenvalue weighted by molar-refractivity contribution is 6.83. The molecule has 12 heavy (non-hydrogen) atoms. The van der Waals surface area contributed by atoms with E-state index in [9.17, 15) is 5.11 Å². The molecule has 0 aromatic carbocycles. The molecule has 0 saturated carbocycles. The Morgan fingerprint density at radius 3 is 2.17 bits per heavy atom. The highest BCUT2D eigenvalue weighted by atomic mass is 28.3. The van der Waals surface area contributed by atoms with E-state index < -0.39 is 14.2 Å². The molecular weight excluding hydrogens is 164 g/mol. The number of rotatable bonds is 2. The first-order valence-corrected chi connectivity index (χ1v) is 8.07. The predicted octanol–water partition coefficient (Wildman–Crippen LogP) is 2.27. The van der Waals surface area contributed by atoms with Crippen LogP contribution in [0.3, 0.4) is 0 Å². The van der Waals surface area contributed by atoms with Crippen molar-refractivity contribution in [3.05, 3.63) is 0 Å². The van der Waals surface area contributed by atoms with Crippen molar-refractivity contribution in [1.82, 2.24) is 0 Å². The first-order valence-electron chi connectivity index (χ1n) is 4.57. The quantitative estimate of drug-likeness (QED) is 0.515. The van der Waals surface area contributed by atoms with Gasteiger partial charge in [0.15, 0.2) is 0 Å². The number of aliphatic hydroxyl groups excluding tert-OH is 1. The van der Waals surface area contributed by atoms with Gasteiger partial charge in [0.2, 0.25) is 0 Å². The van der Waals surface area contributed by atoms with Crippen molar-refractivity contribution in [3.8, 4) is 11.5 Å². The Labute approximate surface area is 77.2 Å². The van der Waals surface area contributed by atoms with E-state index in [0.29, 0.717) is 5.92 Å². The molecule has 0 amide bonds. The van der Waals surface area contributed by atoms with Crippen LogP contribution < -0.4 is 0 Å². The lowest BCUT2D eigenvalue weighted by atomic mass is 10.0. The third-order valence-corrected chi connectivity index (χ3v) is 2.67. The van der Waals surface area contributed by atoms with Gasteiger partial charge in [-0.1, -0.05) is 45.8 Å². The van der Waals surface area contributed by atoms with Crippen LogP contribution in [0.1, 0.15) is 20.3 Å². The summed E-state index contributed by atoms with van der Waals surface area (Å²) in [7, 11) is -1.30. The van der Waals surface area contributed by atoms with Gasteiger partial charge in [0, 0.05) is 0 Å². The van der Waals surface area contributed by atoms with Crippen LogP contribution in [0.25, 0.3) is 0 Å². The molecule has 70 valence electrons. The van der Waals surface area contributed by atoms with Gasteiger partial charge in [-0.15, -0.1) is 5.54 Å². The van der Waals surface area contributed by atoms with E-state index in [2.05, 4.69) is 38.0 Å². The maximum Gasteiger partial charge on any atom is 0.129 e. The van der Waals surface area contributed by atoms with Crippen molar-refractivity contribution >= 4 is 8.07 Å². The van der Waals surface area contributed by atoms with Crippen LogP contribution in [0.4, 0.5) is 0 Å². The van der Waals surface area contributed by atoms with E-state index in [1.165, 1.54) is 0 Å². The maximum atomic E-state index is 9.53. The molecule has 0 aliphatic carbocycles. The fraction of sp³-hybridized carbons (Fsp3) is 0.800. The Hall–Kier alpha value is -0.263. The fourth-order valence-electron chi connectivity index (χ4n) is 0.656. The van der Waals surface area contributed by atoms with Crippen molar-refractivity contribution in [1.29, 1.82) is 0 Å². The van der Waals surface area contributed by atoms with Crippen LogP contribution in [0.2, 0.25) is 19.6 Å². The lowest BCUT2D eigenvalue weighted by Crippen LogP contribution is -2.20. The van der Waals surface area contributed by atoms with E-state index in [1.54, 1.807) is 0 Å². The van der Waals surface area contributed by atoms with Gasteiger partial charge in [0.05, 0.1) is 0 Å². The molecule has 0 rings (SSSR count). The SMILES string of the molecule is CCC(C)C(O)C#C[Si](C)(C)C. The molecule has 0 aliphatic rings. The Morgan fingerprint density at radius 2 is 1.83 bits per heavy atom. The summed E-state index contributed by atoms with van der Waals surface area (Å²) in [5.74, 6) is 3.24. The highest BCUT2D eigenvalue weighted by Crippen LogP contribution is 2.06. The molecule has 0 spiro atoms. The molecular formula is C10H20OSi. The van der Waals surface area contributed by atoms with E-state index in [-0.39, 0.29) is 0 Å². The van der Waals surface area contributed by atoms with Crippen molar-refractivity contribution in [3.63, 3.8) is 0 Å². The van der Waals surface area contributed by atoms with Gasteiger partial charge in [-0.25, -0.2) is 0 Å². The minimum absolute atomic E-state index is 0.300. The van der Waals surface area contributed by atoms with Crippen molar-refractivity contribution < 1.29 is 5.11 Å². The van der Waals surface area contributed by atoms with E-state index in [1.807, 2.05) is 6.92 Å². The Bertz CT molecular complexity index is 182. The standard InChI is InChI=1S/C10H20OSi/c1-6-9(2)10(11)7-8-12(3,4)5/h9-11H,6H2,1-5H3. The summed E-state index contributed by atoms with van der Waals surface area (Å²) in [6.07, 6.45) is 0.559. The number of hydrogen-bond acceptors (Lipinski definition) is 1. The van der Waals surface area contributed by atoms with Crippen molar-refractivity contribution in [2.24, 2.45) is 5.92 Å². The predicted molar refractivity (Wildman–Crippen MR) is 56.6 cm³/mol. The van der Waals surface area contributed by atoms with Gasteiger partial charge in [0.25, 0.3) is 0 Å². The van der Waals surface area contributed by atoms with E-state index >= 15 is 0 Å². The molecule has 0 radical (unpaired) electrons. The average Bonchev–Trinajstić information content (AvgIpc) is 1.97. The second-order valence-corrected chi connectivity index (χ2v) is 9.10. The molecule has 0 fully saturated rings. The molecule has 0 aromatic rings. The number of aliphatic hydroxyl groups is 1. The lowest BCUT2D eigenvalue weighted by Gasteiger charge is -2.11. The smallest absolute Gasteiger partial charge is 0.129 e. The summed E-state index contributed by atoms with van der Waals surface area (Å²) >= 11 is 0. The van der Waals surface area contributed by atoms with Crippen molar-refractivity contribution in [2.45, 2.75) is 46.0 Å². The van der Waals surface area contributed by atoms with Gasteiger partial charge < -0.3 is 5.11 Å². The van der Waals surface area contributed by atoms with Crippen molar-refractivity contribution in [2.75, 3.05) is 0 Å². The van der Waals surface area contributed by atoms with Gasteiger partial charge in [0.1, 0.15) is 14.2 Å². The molecule has 0 bridgehead atoms. The van der Waals surface area contributed by atoms with Crippen LogP contribution in [-0.4, -0.2) is 19.3 Å². The normalized spacial score (nSPS) is 16.2. The van der Waals surface area contributed by atoms with Gasteiger partial charge in [-0.2, -0.15) is 0 Å². The summed E-state index contributed by atoms with van der Waals surface area (Å²) < 4.78 is 0. The Balaban J connectivity index is 4.13. The summed E-state index contributed by atoms with van der Waals surface area (Å²) in [5, 5.41) is 9.53. The molecule has 1 nitrogen and oxygen atoms in total. The summed E-state index contributed by atoms with van der Waals surface area (Å²) in [4.78, 5) is 0. The molecule has 2 unspecified atom stereocenters. The molecule has 2 heteroatoms. The zero-order valence-electron chi connectivity index (χ0n) is 8.81. The lowest BCUT2D eigenvalue weighted by molar-refractivity contribution is 0.169. The zero-order chi connectivity index (χ0) is 9.78. The van der Waals surface area contributed by atoms with Gasteiger partial charge in [-0.3, -0.25) is 0 Å². The fourth-order valence-corrected chi connectivity index (χ4v) is 1.24. The third kappa shape index (κ3) is 5.40. The zero-order valence-corrected chi connectivity index (χ0v) is 9.81. The summed E-state index contributed by atoms with van der Waals surface area (Å²) in [5.41, 5.74) is 3.18. The van der Waals surface area contributed by atoms with E-state index in [4.69, 9.17) is 0 Å². The number of hydrogen-bond donors (Lipinski definition) is 1. The summed E-state index contributed by atoms with van der Waals surface area (Å²) in [6, 6.07) is 0. The first kappa shape index (κ1) is 11.7. The Morgan fingerprint density at radius 1 is 1.33 bits per heavy atom.